The van der Waals surface area contributed by atoms with Crippen LogP contribution in [0.15, 0.2) is 51.9 Å². The number of halogens is 2. The Kier molecular flexibility index (Phi) is 4.45. The minimum absolute atomic E-state index is 0.0450. The zero-order chi connectivity index (χ0) is 17.1. The Balaban J connectivity index is 1.81. The third-order valence-corrected chi connectivity index (χ3v) is 3.53. The predicted molar refractivity (Wildman–Crippen MR) is 81.6 cm³/mol. The first-order chi connectivity index (χ1) is 11.5. The highest BCUT2D eigenvalue weighted by atomic mass is 19.3. The fourth-order valence-electron chi connectivity index (χ4n) is 2.29. The van der Waals surface area contributed by atoms with E-state index in [1.165, 1.54) is 10.6 Å². The first-order valence-electron chi connectivity index (χ1n) is 7.28. The van der Waals surface area contributed by atoms with Gasteiger partial charge in [0.2, 0.25) is 5.89 Å². The summed E-state index contributed by atoms with van der Waals surface area (Å²) in [5, 5.41) is 6.78. The lowest BCUT2D eigenvalue weighted by Gasteiger charge is -2.13. The molecule has 8 heteroatoms. The summed E-state index contributed by atoms with van der Waals surface area (Å²) in [5.41, 5.74) is 0.903. The van der Waals surface area contributed by atoms with Crippen molar-refractivity contribution in [3.8, 4) is 11.5 Å². The van der Waals surface area contributed by atoms with Crippen LogP contribution in [0.3, 0.4) is 0 Å². The summed E-state index contributed by atoms with van der Waals surface area (Å²) in [4.78, 5) is 16.5. The lowest BCUT2D eigenvalue weighted by molar-refractivity contribution is 0.116. The average molecular weight is 332 g/mol. The van der Waals surface area contributed by atoms with Gasteiger partial charge in [-0.25, -0.2) is 0 Å². The molecule has 24 heavy (non-hydrogen) atoms. The van der Waals surface area contributed by atoms with E-state index in [-0.39, 0.29) is 17.4 Å². The van der Waals surface area contributed by atoms with Crippen molar-refractivity contribution in [1.82, 2.24) is 19.7 Å². The van der Waals surface area contributed by atoms with Crippen LogP contribution in [-0.2, 0) is 6.54 Å². The fraction of sp³-hybridized carbons (Fsp3) is 0.250. The molecule has 3 aromatic heterocycles. The van der Waals surface area contributed by atoms with Gasteiger partial charge in [0.05, 0.1) is 0 Å². The molecule has 0 aliphatic rings. The van der Waals surface area contributed by atoms with Crippen LogP contribution >= 0.6 is 0 Å². The van der Waals surface area contributed by atoms with Crippen molar-refractivity contribution in [2.24, 2.45) is 0 Å². The van der Waals surface area contributed by atoms with Gasteiger partial charge in [0.15, 0.2) is 0 Å². The van der Waals surface area contributed by atoms with Crippen LogP contribution in [0.1, 0.15) is 30.9 Å². The third-order valence-electron chi connectivity index (χ3n) is 3.53. The van der Waals surface area contributed by atoms with Gasteiger partial charge < -0.3 is 8.98 Å². The van der Waals surface area contributed by atoms with E-state index >= 15 is 0 Å². The molecule has 0 amide bonds. The van der Waals surface area contributed by atoms with E-state index in [1.807, 2.05) is 25.1 Å². The molecule has 124 valence electrons. The van der Waals surface area contributed by atoms with E-state index in [9.17, 15) is 13.6 Å². The highest BCUT2D eigenvalue weighted by Gasteiger charge is 2.17. The van der Waals surface area contributed by atoms with Crippen LogP contribution in [0.2, 0.25) is 0 Å². The lowest BCUT2D eigenvalue weighted by Crippen LogP contribution is -2.21. The molecule has 1 atom stereocenters. The van der Waals surface area contributed by atoms with Crippen molar-refractivity contribution < 1.29 is 13.2 Å². The summed E-state index contributed by atoms with van der Waals surface area (Å²) >= 11 is 0. The number of rotatable bonds is 5. The maximum Gasteiger partial charge on any atom is 0.314 e. The van der Waals surface area contributed by atoms with Crippen molar-refractivity contribution in [2.45, 2.75) is 25.8 Å². The number of alkyl halides is 2. The number of nitrogens with zero attached hydrogens (tertiary/aromatic N) is 4. The molecule has 0 fully saturated rings. The Labute approximate surface area is 135 Å². The third kappa shape index (κ3) is 3.37. The quantitative estimate of drug-likeness (QED) is 0.718. The number of hydrogen-bond donors (Lipinski definition) is 0. The van der Waals surface area contributed by atoms with Crippen LogP contribution in [0.25, 0.3) is 11.5 Å². The van der Waals surface area contributed by atoms with Gasteiger partial charge in [-0.1, -0.05) is 13.0 Å². The Bertz CT molecular complexity index is 877. The summed E-state index contributed by atoms with van der Waals surface area (Å²) in [6.45, 7) is 2.41. The van der Waals surface area contributed by atoms with Gasteiger partial charge in [-0.3, -0.25) is 9.78 Å². The van der Waals surface area contributed by atoms with E-state index in [1.54, 1.807) is 18.5 Å². The molecule has 0 aliphatic heterocycles. The molecule has 6 nitrogen and oxygen atoms in total. The summed E-state index contributed by atoms with van der Waals surface area (Å²) in [7, 11) is 0. The molecule has 0 aliphatic carbocycles. The lowest BCUT2D eigenvalue weighted by atomic mass is 10.1. The number of pyridine rings is 2. The van der Waals surface area contributed by atoms with Crippen molar-refractivity contribution in [3.05, 3.63) is 64.7 Å². The minimum Gasteiger partial charge on any atom is -0.415 e. The Morgan fingerprint density at radius 2 is 2.08 bits per heavy atom. The zero-order valence-electron chi connectivity index (χ0n) is 12.8. The standard InChI is InChI=1S/C16H14F2N4O2/c1-10(12-4-2-3-6-19-12)9-22-7-5-11(8-13(22)23)15-20-21-16(24-15)14(17)18/h2-8,10,14H,9H2,1H3. The molecular formula is C16H14F2N4O2. The molecule has 1 unspecified atom stereocenters. The molecule has 3 heterocycles. The Morgan fingerprint density at radius 3 is 2.71 bits per heavy atom. The van der Waals surface area contributed by atoms with Gasteiger partial charge in [0, 0.05) is 42.2 Å². The first-order valence-corrected chi connectivity index (χ1v) is 7.28. The van der Waals surface area contributed by atoms with E-state index in [0.29, 0.717) is 12.1 Å². The molecule has 0 aromatic carbocycles. The second-order valence-electron chi connectivity index (χ2n) is 5.31. The molecule has 3 aromatic rings. The average Bonchev–Trinajstić information content (AvgIpc) is 3.08. The SMILES string of the molecule is CC(Cn1ccc(-c2nnc(C(F)F)o2)cc1=O)c1ccccn1. The largest absolute Gasteiger partial charge is 0.415 e. The van der Waals surface area contributed by atoms with E-state index in [2.05, 4.69) is 15.2 Å². The number of hydrogen-bond acceptors (Lipinski definition) is 5. The number of aromatic nitrogens is 4. The molecule has 0 spiro atoms. The molecule has 0 saturated heterocycles. The topological polar surface area (TPSA) is 73.8 Å². The van der Waals surface area contributed by atoms with Crippen molar-refractivity contribution in [2.75, 3.05) is 0 Å². The van der Waals surface area contributed by atoms with Crippen LogP contribution in [-0.4, -0.2) is 19.7 Å². The van der Waals surface area contributed by atoms with Crippen molar-refractivity contribution >= 4 is 0 Å². The molecular weight excluding hydrogens is 318 g/mol. The molecule has 0 N–H and O–H groups in total. The van der Waals surface area contributed by atoms with Gasteiger partial charge in [0.1, 0.15) is 0 Å². The zero-order valence-corrected chi connectivity index (χ0v) is 12.8. The summed E-state index contributed by atoms with van der Waals surface area (Å²) in [5.74, 6) is -0.825. The van der Waals surface area contributed by atoms with Gasteiger partial charge in [-0.2, -0.15) is 8.78 Å². The maximum absolute atomic E-state index is 12.5. The van der Waals surface area contributed by atoms with Crippen LogP contribution in [0, 0.1) is 0 Å². The highest BCUT2D eigenvalue weighted by molar-refractivity contribution is 5.50. The second-order valence-corrected chi connectivity index (χ2v) is 5.31. The van der Waals surface area contributed by atoms with Crippen LogP contribution < -0.4 is 5.56 Å². The second kappa shape index (κ2) is 6.69. The van der Waals surface area contributed by atoms with Gasteiger partial charge >= 0.3 is 6.43 Å². The smallest absolute Gasteiger partial charge is 0.314 e. The van der Waals surface area contributed by atoms with Gasteiger partial charge in [-0.05, 0) is 18.2 Å². The van der Waals surface area contributed by atoms with Crippen molar-refractivity contribution in [1.29, 1.82) is 0 Å². The molecule has 0 radical (unpaired) electrons. The predicted octanol–water partition coefficient (Wildman–Crippen LogP) is 3.03. The summed E-state index contributed by atoms with van der Waals surface area (Å²) in [6.07, 6.45) is 0.433. The van der Waals surface area contributed by atoms with Crippen molar-refractivity contribution in [3.63, 3.8) is 0 Å². The van der Waals surface area contributed by atoms with E-state index < -0.39 is 12.3 Å². The summed E-state index contributed by atoms with van der Waals surface area (Å²) in [6, 6.07) is 8.48. The minimum atomic E-state index is -2.84. The molecule has 0 saturated carbocycles. The molecule has 3 rings (SSSR count). The molecule has 0 bridgehead atoms. The monoisotopic (exact) mass is 332 g/mol. The fourth-order valence-corrected chi connectivity index (χ4v) is 2.29. The van der Waals surface area contributed by atoms with E-state index in [4.69, 9.17) is 4.42 Å². The van der Waals surface area contributed by atoms with Gasteiger partial charge in [-0.15, -0.1) is 10.2 Å². The highest BCUT2D eigenvalue weighted by Crippen LogP contribution is 2.22. The van der Waals surface area contributed by atoms with Gasteiger partial charge in [0.25, 0.3) is 11.4 Å². The normalized spacial score (nSPS) is 12.5. The van der Waals surface area contributed by atoms with E-state index in [0.717, 1.165) is 5.69 Å². The van der Waals surface area contributed by atoms with Crippen LogP contribution in [0.4, 0.5) is 8.78 Å². The maximum atomic E-state index is 12.5. The summed E-state index contributed by atoms with van der Waals surface area (Å²) < 4.78 is 31.3. The Morgan fingerprint density at radius 1 is 1.25 bits per heavy atom. The first kappa shape index (κ1) is 16.0. The van der Waals surface area contributed by atoms with Crippen LogP contribution in [0.5, 0.6) is 0 Å². The Hall–Kier alpha value is -2.90.